The molecule has 2 aromatic carbocycles. The fraction of sp³-hybridized carbons (Fsp3) is 0.520. The molecule has 5 heteroatoms. The summed E-state index contributed by atoms with van der Waals surface area (Å²) in [6.07, 6.45) is 0.956. The van der Waals surface area contributed by atoms with E-state index in [9.17, 15) is 0 Å². The first kappa shape index (κ1) is 21.2. The van der Waals surface area contributed by atoms with Gasteiger partial charge in [0.15, 0.2) is 0 Å². The Kier molecular flexibility index (Phi) is 5.56. The van der Waals surface area contributed by atoms with Crippen LogP contribution in [0.5, 0.6) is 11.5 Å². The summed E-state index contributed by atoms with van der Waals surface area (Å²) >= 11 is 0. The second-order valence-corrected chi connectivity index (χ2v) is 9.08. The van der Waals surface area contributed by atoms with Gasteiger partial charge >= 0.3 is 0 Å². The van der Waals surface area contributed by atoms with E-state index in [2.05, 4.69) is 38.1 Å². The third kappa shape index (κ3) is 4.48. The predicted molar refractivity (Wildman–Crippen MR) is 114 cm³/mol. The zero-order chi connectivity index (χ0) is 21.5. The summed E-state index contributed by atoms with van der Waals surface area (Å²) in [5, 5.41) is 0. The van der Waals surface area contributed by atoms with E-state index in [1.165, 1.54) is 11.1 Å². The molecule has 0 unspecified atom stereocenters. The molecule has 2 aliphatic rings. The molecular formula is C25H32O5. The molecule has 2 heterocycles. The minimum absolute atomic E-state index is 0.463. The molecule has 0 spiro atoms. The largest absolute Gasteiger partial charge is 0.462 e. The van der Waals surface area contributed by atoms with E-state index in [0.29, 0.717) is 26.4 Å². The highest BCUT2D eigenvalue weighted by atomic mass is 16.7. The van der Waals surface area contributed by atoms with Gasteiger partial charge < -0.3 is 23.7 Å². The van der Waals surface area contributed by atoms with Crippen molar-refractivity contribution in [2.75, 3.05) is 0 Å². The standard InChI is InChI=1S/C25H32O5/c1-7-17-10-20(23-21(11-17)15-28-25(5,6)30-23)13-26-12-18-8-16(2)9-19-14-27-24(3,4)29-22(18)19/h8-11H,7,12-15H2,1-6H3. The van der Waals surface area contributed by atoms with E-state index >= 15 is 0 Å². The third-order valence-electron chi connectivity index (χ3n) is 5.46. The highest BCUT2D eigenvalue weighted by Crippen LogP contribution is 2.38. The van der Waals surface area contributed by atoms with Gasteiger partial charge in [0.1, 0.15) is 11.5 Å². The summed E-state index contributed by atoms with van der Waals surface area (Å²) in [7, 11) is 0. The Morgan fingerprint density at radius 3 is 1.90 bits per heavy atom. The maximum absolute atomic E-state index is 6.19. The van der Waals surface area contributed by atoms with Gasteiger partial charge in [0.05, 0.1) is 26.4 Å². The second-order valence-electron chi connectivity index (χ2n) is 9.08. The first-order valence-corrected chi connectivity index (χ1v) is 10.7. The highest BCUT2D eigenvalue weighted by molar-refractivity contribution is 5.46. The van der Waals surface area contributed by atoms with E-state index in [-0.39, 0.29) is 0 Å². The summed E-state index contributed by atoms with van der Waals surface area (Å²) in [6.45, 7) is 14.0. The van der Waals surface area contributed by atoms with Gasteiger partial charge in [0.25, 0.3) is 0 Å². The Labute approximate surface area is 179 Å². The predicted octanol–water partition coefficient (Wildman–Crippen LogP) is 5.56. The van der Waals surface area contributed by atoms with Crippen molar-refractivity contribution in [3.63, 3.8) is 0 Å². The van der Waals surface area contributed by atoms with Crippen molar-refractivity contribution < 1.29 is 23.7 Å². The molecule has 2 aliphatic heterocycles. The minimum atomic E-state index is -0.634. The zero-order valence-corrected chi connectivity index (χ0v) is 18.9. The molecule has 0 bridgehead atoms. The van der Waals surface area contributed by atoms with E-state index in [4.69, 9.17) is 23.7 Å². The number of aryl methyl sites for hydroxylation is 2. The first-order chi connectivity index (χ1) is 14.2. The molecule has 0 amide bonds. The highest BCUT2D eigenvalue weighted by Gasteiger charge is 2.31. The van der Waals surface area contributed by atoms with E-state index < -0.39 is 11.6 Å². The third-order valence-corrected chi connectivity index (χ3v) is 5.46. The lowest BCUT2D eigenvalue weighted by atomic mass is 10.0. The van der Waals surface area contributed by atoms with Crippen LogP contribution in [-0.2, 0) is 47.1 Å². The van der Waals surface area contributed by atoms with Crippen LogP contribution in [0.4, 0.5) is 0 Å². The molecule has 0 fully saturated rings. The van der Waals surface area contributed by atoms with Crippen molar-refractivity contribution in [2.24, 2.45) is 0 Å². The molecule has 0 atom stereocenters. The van der Waals surface area contributed by atoms with Crippen LogP contribution >= 0.6 is 0 Å². The number of benzene rings is 2. The van der Waals surface area contributed by atoms with Crippen LogP contribution in [0.3, 0.4) is 0 Å². The fourth-order valence-corrected chi connectivity index (χ4v) is 3.97. The van der Waals surface area contributed by atoms with Crippen LogP contribution < -0.4 is 9.47 Å². The lowest BCUT2D eigenvalue weighted by Gasteiger charge is -2.34. The Morgan fingerprint density at radius 2 is 1.33 bits per heavy atom. The molecule has 0 aromatic heterocycles. The van der Waals surface area contributed by atoms with E-state index in [1.54, 1.807) is 0 Å². The number of ether oxygens (including phenoxy) is 5. The van der Waals surface area contributed by atoms with Crippen molar-refractivity contribution in [3.8, 4) is 11.5 Å². The lowest BCUT2D eigenvalue weighted by Crippen LogP contribution is -2.36. The number of hydrogen-bond acceptors (Lipinski definition) is 5. The van der Waals surface area contributed by atoms with Crippen molar-refractivity contribution in [1.29, 1.82) is 0 Å². The molecule has 2 aromatic rings. The van der Waals surface area contributed by atoms with Crippen LogP contribution in [0.15, 0.2) is 24.3 Å². The molecule has 0 N–H and O–H groups in total. The number of rotatable bonds is 5. The maximum Gasteiger partial charge on any atom is 0.205 e. The summed E-state index contributed by atoms with van der Waals surface area (Å²) in [5.74, 6) is 0.502. The van der Waals surface area contributed by atoms with Gasteiger partial charge in [0.2, 0.25) is 11.6 Å². The first-order valence-electron chi connectivity index (χ1n) is 10.7. The van der Waals surface area contributed by atoms with Gasteiger partial charge in [-0.15, -0.1) is 0 Å². The van der Waals surface area contributed by atoms with Crippen LogP contribution in [-0.4, -0.2) is 11.6 Å². The zero-order valence-electron chi connectivity index (χ0n) is 18.9. The molecule has 0 saturated carbocycles. The van der Waals surface area contributed by atoms with Crippen molar-refractivity contribution in [3.05, 3.63) is 57.6 Å². The fourth-order valence-electron chi connectivity index (χ4n) is 3.97. The Morgan fingerprint density at radius 1 is 0.800 bits per heavy atom. The maximum atomic E-state index is 6.19. The van der Waals surface area contributed by atoms with E-state index in [0.717, 1.165) is 40.2 Å². The molecule has 5 nitrogen and oxygen atoms in total. The van der Waals surface area contributed by atoms with Crippen LogP contribution in [0, 0.1) is 6.92 Å². The average molecular weight is 413 g/mol. The number of fused-ring (bicyclic) bond motifs is 2. The van der Waals surface area contributed by atoms with Crippen molar-refractivity contribution >= 4 is 0 Å². The quantitative estimate of drug-likeness (QED) is 0.643. The van der Waals surface area contributed by atoms with Crippen molar-refractivity contribution in [1.82, 2.24) is 0 Å². The summed E-state index contributed by atoms with van der Waals surface area (Å²) in [5.41, 5.74) is 6.70. The SMILES string of the molecule is CCc1cc(COCc2cc(C)cc3c2OC(C)(C)OC3)c2c(c1)COC(C)(C)O2. The van der Waals surface area contributed by atoms with Gasteiger partial charge in [0, 0.05) is 49.9 Å². The Balaban J connectivity index is 1.55. The number of hydrogen-bond donors (Lipinski definition) is 0. The molecule has 0 radical (unpaired) electrons. The van der Waals surface area contributed by atoms with Gasteiger partial charge in [-0.2, -0.15) is 0 Å². The van der Waals surface area contributed by atoms with Gasteiger partial charge in [-0.3, -0.25) is 0 Å². The smallest absolute Gasteiger partial charge is 0.205 e. The van der Waals surface area contributed by atoms with Crippen LogP contribution in [0.1, 0.15) is 68.0 Å². The topological polar surface area (TPSA) is 46.2 Å². The van der Waals surface area contributed by atoms with Crippen LogP contribution in [0.25, 0.3) is 0 Å². The van der Waals surface area contributed by atoms with Crippen molar-refractivity contribution in [2.45, 2.75) is 86.0 Å². The molecule has 162 valence electrons. The normalized spacial score (nSPS) is 18.7. The van der Waals surface area contributed by atoms with Crippen LogP contribution in [0.2, 0.25) is 0 Å². The molecular weight excluding hydrogens is 380 g/mol. The Bertz CT molecular complexity index is 945. The summed E-state index contributed by atoms with van der Waals surface area (Å²) in [6, 6.07) is 8.59. The Hall–Kier alpha value is -2.08. The van der Waals surface area contributed by atoms with Gasteiger partial charge in [-0.25, -0.2) is 0 Å². The monoisotopic (exact) mass is 412 g/mol. The van der Waals surface area contributed by atoms with Gasteiger partial charge in [-0.05, 0) is 31.0 Å². The summed E-state index contributed by atoms with van der Waals surface area (Å²) in [4.78, 5) is 0. The summed E-state index contributed by atoms with van der Waals surface area (Å²) < 4.78 is 30.1. The molecule has 0 saturated heterocycles. The molecule has 30 heavy (non-hydrogen) atoms. The second kappa shape index (κ2) is 7.88. The van der Waals surface area contributed by atoms with Gasteiger partial charge in [-0.1, -0.05) is 24.6 Å². The van der Waals surface area contributed by atoms with E-state index in [1.807, 2.05) is 27.7 Å². The average Bonchev–Trinajstić information content (AvgIpc) is 2.67. The molecule has 4 rings (SSSR count). The molecule has 0 aliphatic carbocycles. The minimum Gasteiger partial charge on any atom is -0.462 e. The lowest BCUT2D eigenvalue weighted by molar-refractivity contribution is -0.181.